The lowest BCUT2D eigenvalue weighted by Gasteiger charge is -2.37. The van der Waals surface area contributed by atoms with E-state index in [0.717, 1.165) is 12.1 Å². The summed E-state index contributed by atoms with van der Waals surface area (Å²) in [5, 5.41) is 3.07. The maximum atomic E-state index is 13.9. The fourth-order valence-electron chi connectivity index (χ4n) is 2.78. The van der Waals surface area contributed by atoms with Crippen molar-refractivity contribution in [2.75, 3.05) is 57.9 Å². The molecule has 0 aliphatic carbocycles. The highest BCUT2D eigenvalue weighted by Gasteiger charge is 2.27. The number of aliphatic imine (C=N–C) groups is 1. The van der Waals surface area contributed by atoms with Gasteiger partial charge in [-0.05, 0) is 18.6 Å². The van der Waals surface area contributed by atoms with E-state index in [2.05, 4.69) is 15.0 Å². The Morgan fingerprint density at radius 3 is 2.46 bits per heavy atom. The molecule has 1 fully saturated rings. The second kappa shape index (κ2) is 11.6. The van der Waals surface area contributed by atoms with Crippen molar-refractivity contribution in [3.63, 3.8) is 0 Å². The van der Waals surface area contributed by atoms with E-state index < -0.39 is 24.4 Å². The Balaban J connectivity index is 0.00000392. The van der Waals surface area contributed by atoms with Gasteiger partial charge in [-0.15, -0.1) is 24.0 Å². The molecule has 0 unspecified atom stereocenters. The van der Waals surface area contributed by atoms with E-state index in [4.69, 9.17) is 0 Å². The highest BCUT2D eigenvalue weighted by atomic mass is 127. The highest BCUT2D eigenvalue weighted by Crippen LogP contribution is 2.22. The first kappa shape index (κ1) is 24.7. The summed E-state index contributed by atoms with van der Waals surface area (Å²) in [7, 11) is 1.61. The molecule has 0 atom stereocenters. The minimum atomic E-state index is -4.32. The second-order valence-electron chi connectivity index (χ2n) is 6.07. The predicted molar refractivity (Wildman–Crippen MR) is 108 cm³/mol. The van der Waals surface area contributed by atoms with Crippen molar-refractivity contribution in [3.05, 3.63) is 29.8 Å². The summed E-state index contributed by atoms with van der Waals surface area (Å²) in [6.07, 6.45) is -3.91. The van der Waals surface area contributed by atoms with Crippen LogP contribution in [0.5, 0.6) is 0 Å². The molecule has 0 amide bonds. The summed E-state index contributed by atoms with van der Waals surface area (Å²) in [5.41, 5.74) is 0.236. The van der Waals surface area contributed by atoms with Gasteiger partial charge >= 0.3 is 6.18 Å². The van der Waals surface area contributed by atoms with Crippen LogP contribution in [-0.2, 0) is 4.74 Å². The zero-order valence-electron chi connectivity index (χ0n) is 15.4. The molecule has 1 heterocycles. The van der Waals surface area contributed by atoms with Gasteiger partial charge in [0, 0.05) is 52.4 Å². The second-order valence-corrected chi connectivity index (χ2v) is 6.07. The van der Waals surface area contributed by atoms with Crippen LogP contribution in [-0.4, -0.2) is 70.0 Å². The van der Waals surface area contributed by atoms with Gasteiger partial charge < -0.3 is 19.9 Å². The zero-order valence-corrected chi connectivity index (χ0v) is 17.8. The van der Waals surface area contributed by atoms with Crippen LogP contribution in [0.4, 0.5) is 27.6 Å². The number of guanidine groups is 1. The Labute approximate surface area is 177 Å². The van der Waals surface area contributed by atoms with Gasteiger partial charge in [-0.2, -0.15) is 13.2 Å². The summed E-state index contributed by atoms with van der Waals surface area (Å²) in [4.78, 5) is 7.89. The Morgan fingerprint density at radius 2 is 1.86 bits per heavy atom. The predicted octanol–water partition coefficient (Wildman–Crippen LogP) is 3.25. The SMILES string of the molecule is CN=C(NCCCOCC(F)(F)F)N1CCN(c2cc(F)ccc2F)CC1.I. The maximum absolute atomic E-state index is 13.9. The van der Waals surface area contributed by atoms with Crippen molar-refractivity contribution in [2.45, 2.75) is 12.6 Å². The standard InChI is InChI=1S/C17H23F5N4O.HI/c1-23-16(24-5-2-10-27-12-17(20,21)22)26-8-6-25(7-9-26)15-11-13(18)3-4-14(15)19;/h3-4,11H,2,5-10,12H2,1H3,(H,23,24);1H. The van der Waals surface area contributed by atoms with E-state index in [9.17, 15) is 22.0 Å². The molecule has 1 aliphatic rings. The van der Waals surface area contributed by atoms with E-state index in [1.54, 1.807) is 11.9 Å². The van der Waals surface area contributed by atoms with Crippen molar-refractivity contribution < 1.29 is 26.7 Å². The van der Waals surface area contributed by atoms with Crippen molar-refractivity contribution in [2.24, 2.45) is 4.99 Å². The zero-order chi connectivity index (χ0) is 19.9. The number of rotatable bonds is 6. The molecule has 0 saturated carbocycles. The molecule has 1 aromatic rings. The van der Waals surface area contributed by atoms with Gasteiger partial charge in [0.15, 0.2) is 5.96 Å². The number of benzene rings is 1. The van der Waals surface area contributed by atoms with Gasteiger partial charge in [0.2, 0.25) is 0 Å². The molecule has 1 aromatic carbocycles. The largest absolute Gasteiger partial charge is 0.411 e. The molecule has 1 saturated heterocycles. The highest BCUT2D eigenvalue weighted by molar-refractivity contribution is 14.0. The topological polar surface area (TPSA) is 40.1 Å². The van der Waals surface area contributed by atoms with Crippen LogP contribution in [0.2, 0.25) is 0 Å². The monoisotopic (exact) mass is 522 g/mol. The molecular formula is C17H24F5IN4O. The third-order valence-corrected chi connectivity index (χ3v) is 4.05. The number of halogens is 6. The lowest BCUT2D eigenvalue weighted by atomic mass is 10.2. The molecule has 0 spiro atoms. The van der Waals surface area contributed by atoms with Crippen LogP contribution >= 0.6 is 24.0 Å². The molecule has 2 rings (SSSR count). The summed E-state index contributed by atoms with van der Waals surface area (Å²) in [6.45, 7) is 1.27. The van der Waals surface area contributed by atoms with Crippen LogP contribution in [0.3, 0.4) is 0 Å². The van der Waals surface area contributed by atoms with Crippen molar-refractivity contribution in [1.29, 1.82) is 0 Å². The number of hydrogen-bond donors (Lipinski definition) is 1. The van der Waals surface area contributed by atoms with Gasteiger partial charge in [0.1, 0.15) is 18.2 Å². The molecular weight excluding hydrogens is 498 g/mol. The summed E-state index contributed by atoms with van der Waals surface area (Å²) >= 11 is 0. The van der Waals surface area contributed by atoms with Crippen molar-refractivity contribution in [3.8, 4) is 0 Å². The van der Waals surface area contributed by atoms with Crippen LogP contribution in [0.25, 0.3) is 0 Å². The molecule has 1 aliphatic heterocycles. The average molecular weight is 522 g/mol. The number of ether oxygens (including phenoxy) is 1. The Morgan fingerprint density at radius 1 is 1.18 bits per heavy atom. The van der Waals surface area contributed by atoms with E-state index in [0.29, 0.717) is 45.1 Å². The molecule has 28 heavy (non-hydrogen) atoms. The molecule has 160 valence electrons. The number of nitrogens with one attached hydrogen (secondary N) is 1. The maximum Gasteiger partial charge on any atom is 0.411 e. The molecule has 5 nitrogen and oxygen atoms in total. The first-order valence-electron chi connectivity index (χ1n) is 8.60. The minimum absolute atomic E-state index is 0. The minimum Gasteiger partial charge on any atom is -0.372 e. The molecule has 1 N–H and O–H groups in total. The fraction of sp³-hybridized carbons (Fsp3) is 0.588. The van der Waals surface area contributed by atoms with E-state index in [1.807, 2.05) is 4.90 Å². The normalized spacial score (nSPS) is 15.4. The lowest BCUT2D eigenvalue weighted by Crippen LogP contribution is -2.52. The number of hydrogen-bond acceptors (Lipinski definition) is 3. The van der Waals surface area contributed by atoms with Crippen LogP contribution in [0, 0.1) is 11.6 Å². The first-order chi connectivity index (χ1) is 12.8. The molecule has 0 aromatic heterocycles. The summed E-state index contributed by atoms with van der Waals surface area (Å²) in [6, 6.07) is 3.37. The van der Waals surface area contributed by atoms with Crippen LogP contribution in [0.15, 0.2) is 23.2 Å². The smallest absolute Gasteiger partial charge is 0.372 e. The number of alkyl halides is 3. The number of nitrogens with zero attached hydrogens (tertiary/aromatic N) is 3. The quantitative estimate of drug-likeness (QED) is 0.205. The van der Waals surface area contributed by atoms with E-state index in [-0.39, 0.29) is 36.3 Å². The van der Waals surface area contributed by atoms with Gasteiger partial charge in [0.05, 0.1) is 5.69 Å². The first-order valence-corrected chi connectivity index (χ1v) is 8.60. The van der Waals surface area contributed by atoms with Crippen LogP contribution in [0.1, 0.15) is 6.42 Å². The fourth-order valence-corrected chi connectivity index (χ4v) is 2.78. The molecule has 11 heteroatoms. The summed E-state index contributed by atoms with van der Waals surface area (Å²) in [5.74, 6) is -0.338. The van der Waals surface area contributed by atoms with E-state index >= 15 is 0 Å². The van der Waals surface area contributed by atoms with Crippen LogP contribution < -0.4 is 10.2 Å². The Hall–Kier alpha value is -1.37. The van der Waals surface area contributed by atoms with Gasteiger partial charge in [-0.3, -0.25) is 4.99 Å². The number of piperazine rings is 1. The number of anilines is 1. The average Bonchev–Trinajstić information content (AvgIpc) is 2.62. The van der Waals surface area contributed by atoms with Gasteiger partial charge in [-0.1, -0.05) is 0 Å². The van der Waals surface area contributed by atoms with Crippen molar-refractivity contribution in [1.82, 2.24) is 10.2 Å². The Bertz CT molecular complexity index is 636. The third kappa shape index (κ3) is 7.94. The third-order valence-electron chi connectivity index (χ3n) is 4.05. The summed E-state index contributed by atoms with van der Waals surface area (Å²) < 4.78 is 67.7. The van der Waals surface area contributed by atoms with E-state index in [1.165, 1.54) is 6.07 Å². The molecule has 0 bridgehead atoms. The van der Waals surface area contributed by atoms with Gasteiger partial charge in [-0.25, -0.2) is 8.78 Å². The van der Waals surface area contributed by atoms with Gasteiger partial charge in [0.25, 0.3) is 0 Å². The molecule has 0 radical (unpaired) electrons. The van der Waals surface area contributed by atoms with Crippen molar-refractivity contribution >= 4 is 35.6 Å². The lowest BCUT2D eigenvalue weighted by molar-refractivity contribution is -0.173. The Kier molecular flexibility index (Phi) is 10.2.